The molecule has 2 heterocycles. The van der Waals surface area contributed by atoms with Crippen LogP contribution in [0.2, 0.25) is 5.02 Å². The Labute approximate surface area is 152 Å². The van der Waals surface area contributed by atoms with Crippen molar-refractivity contribution in [3.8, 4) is 0 Å². The van der Waals surface area contributed by atoms with Gasteiger partial charge in [0.15, 0.2) is 0 Å². The second-order valence-electron chi connectivity index (χ2n) is 5.21. The second-order valence-corrected chi connectivity index (χ2v) is 7.70. The van der Waals surface area contributed by atoms with Crippen LogP contribution in [0.5, 0.6) is 0 Å². The van der Waals surface area contributed by atoms with E-state index >= 15 is 0 Å². The fourth-order valence-corrected chi connectivity index (χ4v) is 4.02. The third kappa shape index (κ3) is 3.83. The van der Waals surface area contributed by atoms with E-state index in [4.69, 9.17) is 11.6 Å². The molecule has 24 heavy (non-hydrogen) atoms. The predicted octanol–water partition coefficient (Wildman–Crippen LogP) is 3.66. The van der Waals surface area contributed by atoms with Gasteiger partial charge in [0.2, 0.25) is 5.91 Å². The highest BCUT2D eigenvalue weighted by Gasteiger charge is 2.10. The lowest BCUT2D eigenvalue weighted by Gasteiger charge is -2.10. The van der Waals surface area contributed by atoms with Crippen LogP contribution in [0, 0.1) is 0 Å². The van der Waals surface area contributed by atoms with Gasteiger partial charge in [-0.1, -0.05) is 23.7 Å². The van der Waals surface area contributed by atoms with Crippen LogP contribution in [0.1, 0.15) is 4.88 Å². The number of thiophene rings is 1. The monoisotopic (exact) mass is 378 g/mol. The number of halogens is 1. The van der Waals surface area contributed by atoms with Gasteiger partial charge in [0.25, 0.3) is 5.56 Å². The van der Waals surface area contributed by atoms with E-state index in [2.05, 4.69) is 5.32 Å². The summed E-state index contributed by atoms with van der Waals surface area (Å²) in [6.45, 7) is 0.532. The van der Waals surface area contributed by atoms with Crippen LogP contribution in [-0.2, 0) is 18.4 Å². The van der Waals surface area contributed by atoms with Crippen molar-refractivity contribution in [3.63, 3.8) is 0 Å². The molecule has 0 fully saturated rings. The van der Waals surface area contributed by atoms with E-state index < -0.39 is 0 Å². The number of benzene rings is 1. The minimum absolute atomic E-state index is 0.0591. The first-order valence-electron chi connectivity index (χ1n) is 7.26. The van der Waals surface area contributed by atoms with E-state index in [1.165, 1.54) is 11.8 Å². The maximum absolute atomic E-state index is 12.1. The molecular weight excluding hydrogens is 364 g/mol. The van der Waals surface area contributed by atoms with Crippen molar-refractivity contribution in [2.45, 2.75) is 11.4 Å². The Morgan fingerprint density at radius 3 is 2.92 bits per heavy atom. The van der Waals surface area contributed by atoms with Crippen molar-refractivity contribution in [1.82, 2.24) is 9.88 Å². The Kier molecular flexibility index (Phi) is 5.28. The molecule has 3 rings (SSSR count). The lowest BCUT2D eigenvalue weighted by molar-refractivity contribution is -0.118. The number of aryl methyl sites for hydroxylation is 1. The van der Waals surface area contributed by atoms with Crippen LogP contribution in [0.4, 0.5) is 0 Å². The van der Waals surface area contributed by atoms with Crippen molar-refractivity contribution in [3.05, 3.63) is 62.0 Å². The summed E-state index contributed by atoms with van der Waals surface area (Å²) in [5.41, 5.74) is 0.641. The summed E-state index contributed by atoms with van der Waals surface area (Å²) in [6.07, 6.45) is 0. The van der Waals surface area contributed by atoms with Crippen LogP contribution in [0.15, 0.2) is 51.5 Å². The standard InChI is InChI=1S/C17H15ClN2O2S2/c1-20-14-7-11(18)4-5-13(14)15(8-17(20)22)24-10-16(21)19-9-12-3-2-6-23-12/h2-8H,9-10H2,1H3,(H,19,21). The Hall–Kier alpha value is -1.76. The quantitative estimate of drug-likeness (QED) is 0.689. The van der Waals surface area contributed by atoms with Crippen molar-refractivity contribution in [2.24, 2.45) is 7.05 Å². The summed E-state index contributed by atoms with van der Waals surface area (Å²) in [5.74, 6) is 0.201. The van der Waals surface area contributed by atoms with Crippen molar-refractivity contribution in [1.29, 1.82) is 0 Å². The number of nitrogens with zero attached hydrogens (tertiary/aromatic N) is 1. The predicted molar refractivity (Wildman–Crippen MR) is 101 cm³/mol. The van der Waals surface area contributed by atoms with Crippen molar-refractivity contribution in [2.75, 3.05) is 5.75 Å². The average Bonchev–Trinajstić information content (AvgIpc) is 3.08. The number of fused-ring (bicyclic) bond motifs is 1. The van der Waals surface area contributed by atoms with E-state index in [1.54, 1.807) is 41.2 Å². The molecule has 124 valence electrons. The van der Waals surface area contributed by atoms with Crippen LogP contribution in [0.3, 0.4) is 0 Å². The first kappa shape index (κ1) is 17.1. The molecule has 7 heteroatoms. The zero-order valence-corrected chi connectivity index (χ0v) is 15.3. The van der Waals surface area contributed by atoms with Gasteiger partial charge >= 0.3 is 0 Å². The molecule has 0 saturated heterocycles. The molecule has 0 aliphatic heterocycles. The molecule has 0 aliphatic carbocycles. The van der Waals surface area contributed by atoms with Crippen LogP contribution >= 0.6 is 34.7 Å². The van der Waals surface area contributed by atoms with Gasteiger partial charge in [0.1, 0.15) is 0 Å². The smallest absolute Gasteiger partial charge is 0.251 e. The van der Waals surface area contributed by atoms with Gasteiger partial charge < -0.3 is 9.88 Å². The van der Waals surface area contributed by atoms with E-state index in [0.717, 1.165) is 20.7 Å². The summed E-state index contributed by atoms with van der Waals surface area (Å²) in [4.78, 5) is 26.0. The molecular formula is C17H15ClN2O2S2. The zero-order valence-electron chi connectivity index (χ0n) is 12.9. The maximum atomic E-state index is 12.1. The number of hydrogen-bond donors (Lipinski definition) is 1. The summed E-state index contributed by atoms with van der Waals surface area (Å²) >= 11 is 8.99. The molecule has 0 aliphatic rings. The molecule has 1 aromatic carbocycles. The van der Waals surface area contributed by atoms with Gasteiger partial charge in [-0.05, 0) is 23.6 Å². The highest BCUT2D eigenvalue weighted by Crippen LogP contribution is 2.28. The van der Waals surface area contributed by atoms with Gasteiger partial charge in [0.05, 0.1) is 17.8 Å². The number of pyridine rings is 1. The van der Waals surface area contributed by atoms with Crippen LogP contribution in [-0.4, -0.2) is 16.2 Å². The van der Waals surface area contributed by atoms with Gasteiger partial charge in [-0.15, -0.1) is 23.1 Å². The molecule has 1 amide bonds. The number of thioether (sulfide) groups is 1. The normalized spacial score (nSPS) is 10.9. The Balaban J connectivity index is 1.74. The highest BCUT2D eigenvalue weighted by molar-refractivity contribution is 8.00. The number of carbonyl (C=O) groups is 1. The number of aromatic nitrogens is 1. The van der Waals surface area contributed by atoms with E-state index in [1.807, 2.05) is 23.6 Å². The van der Waals surface area contributed by atoms with E-state index in [9.17, 15) is 9.59 Å². The summed E-state index contributed by atoms with van der Waals surface area (Å²) in [7, 11) is 1.71. The average molecular weight is 379 g/mol. The summed E-state index contributed by atoms with van der Waals surface area (Å²) in [5, 5.41) is 6.36. The van der Waals surface area contributed by atoms with Gasteiger partial charge in [-0.3, -0.25) is 9.59 Å². The molecule has 0 bridgehead atoms. The first-order chi connectivity index (χ1) is 11.5. The number of nitrogens with one attached hydrogen (secondary N) is 1. The number of amides is 1. The largest absolute Gasteiger partial charge is 0.350 e. The highest BCUT2D eigenvalue weighted by atomic mass is 35.5. The molecule has 0 saturated carbocycles. The second kappa shape index (κ2) is 7.42. The van der Waals surface area contributed by atoms with Crippen LogP contribution < -0.4 is 10.9 Å². The third-order valence-electron chi connectivity index (χ3n) is 3.57. The SMILES string of the molecule is Cn1c(=O)cc(SCC(=O)NCc2cccs2)c2ccc(Cl)cc21. The van der Waals surface area contributed by atoms with Gasteiger partial charge in [0, 0.05) is 33.3 Å². The maximum Gasteiger partial charge on any atom is 0.251 e. The summed E-state index contributed by atoms with van der Waals surface area (Å²) < 4.78 is 1.56. The molecule has 0 spiro atoms. The minimum Gasteiger partial charge on any atom is -0.350 e. The molecule has 2 aromatic heterocycles. The Bertz CT molecular complexity index is 936. The first-order valence-corrected chi connectivity index (χ1v) is 9.50. The number of carbonyl (C=O) groups excluding carboxylic acids is 1. The fourth-order valence-electron chi connectivity index (χ4n) is 2.31. The van der Waals surface area contributed by atoms with E-state index in [-0.39, 0.29) is 17.2 Å². The molecule has 1 N–H and O–H groups in total. The number of hydrogen-bond acceptors (Lipinski definition) is 4. The van der Waals surface area contributed by atoms with Gasteiger partial charge in [-0.2, -0.15) is 0 Å². The minimum atomic E-state index is -0.119. The lowest BCUT2D eigenvalue weighted by Crippen LogP contribution is -2.24. The van der Waals surface area contributed by atoms with E-state index in [0.29, 0.717) is 11.6 Å². The van der Waals surface area contributed by atoms with Crippen LogP contribution in [0.25, 0.3) is 10.9 Å². The molecule has 3 aromatic rings. The zero-order chi connectivity index (χ0) is 17.1. The van der Waals surface area contributed by atoms with Gasteiger partial charge in [-0.25, -0.2) is 0 Å². The molecule has 0 atom stereocenters. The Morgan fingerprint density at radius 1 is 1.33 bits per heavy atom. The molecule has 0 unspecified atom stereocenters. The third-order valence-corrected chi connectivity index (χ3v) is 5.74. The number of rotatable bonds is 5. The lowest BCUT2D eigenvalue weighted by atomic mass is 10.2. The summed E-state index contributed by atoms with van der Waals surface area (Å²) in [6, 6.07) is 10.9. The van der Waals surface area contributed by atoms with Crippen molar-refractivity contribution < 1.29 is 4.79 Å². The Morgan fingerprint density at radius 2 is 2.17 bits per heavy atom. The topological polar surface area (TPSA) is 51.1 Å². The van der Waals surface area contributed by atoms with Crippen molar-refractivity contribution >= 4 is 51.5 Å². The molecule has 4 nitrogen and oxygen atoms in total. The molecule has 0 radical (unpaired) electrons. The fraction of sp³-hybridized carbons (Fsp3) is 0.176.